The van der Waals surface area contributed by atoms with Crippen LogP contribution >= 0.6 is 0 Å². The van der Waals surface area contributed by atoms with E-state index in [2.05, 4.69) is 30.7 Å². The lowest BCUT2D eigenvalue weighted by molar-refractivity contribution is 0.629. The molecule has 14 heavy (non-hydrogen) atoms. The molecular formula is C12H12FS+. The summed E-state index contributed by atoms with van der Waals surface area (Å²) in [7, 11) is 0.236. The van der Waals surface area contributed by atoms with Gasteiger partial charge < -0.3 is 0 Å². The summed E-state index contributed by atoms with van der Waals surface area (Å²) in [6.45, 7) is 0. The molecule has 72 valence electrons. The predicted molar refractivity (Wildman–Crippen MR) is 61.4 cm³/mol. The maximum absolute atomic E-state index is 13.0. The Kier molecular flexibility index (Phi) is 2.46. The van der Waals surface area contributed by atoms with E-state index in [0.717, 1.165) is 10.8 Å². The summed E-state index contributed by atoms with van der Waals surface area (Å²) in [5.41, 5.74) is 0. The number of hydrogen-bond donors (Lipinski definition) is 0. The van der Waals surface area contributed by atoms with Crippen LogP contribution in [0.15, 0.2) is 41.3 Å². The van der Waals surface area contributed by atoms with E-state index < -0.39 is 0 Å². The molecule has 0 amide bonds. The number of rotatable bonds is 1. The lowest BCUT2D eigenvalue weighted by atomic mass is 10.1. The summed E-state index contributed by atoms with van der Waals surface area (Å²) in [6, 6.07) is 11.1. The third-order valence-corrected chi connectivity index (χ3v) is 3.44. The van der Waals surface area contributed by atoms with E-state index in [1.807, 2.05) is 6.07 Å². The van der Waals surface area contributed by atoms with Gasteiger partial charge in [0.1, 0.15) is 18.3 Å². The summed E-state index contributed by atoms with van der Waals surface area (Å²) in [4.78, 5) is 1.28. The first-order valence-electron chi connectivity index (χ1n) is 4.44. The van der Waals surface area contributed by atoms with Crippen LogP contribution in [0, 0.1) is 5.82 Å². The van der Waals surface area contributed by atoms with Crippen LogP contribution < -0.4 is 0 Å². The van der Waals surface area contributed by atoms with Gasteiger partial charge in [-0.3, -0.25) is 0 Å². The Hall–Kier alpha value is -1.02. The third-order valence-electron chi connectivity index (χ3n) is 2.25. The molecule has 0 heterocycles. The zero-order chi connectivity index (χ0) is 10.1. The Balaban J connectivity index is 2.63. The lowest BCUT2D eigenvalue weighted by Gasteiger charge is -2.00. The molecule has 0 fully saturated rings. The lowest BCUT2D eigenvalue weighted by Crippen LogP contribution is -1.94. The average Bonchev–Trinajstić information content (AvgIpc) is 2.16. The molecule has 0 aliphatic heterocycles. The highest BCUT2D eigenvalue weighted by molar-refractivity contribution is 7.95. The standard InChI is InChI=1S/C12H12FS/c1-14(2)12-6-4-9-3-5-11(13)7-10(9)8-12/h3-8H,1-2H3/q+1. The molecule has 0 radical (unpaired) electrons. The van der Waals surface area contributed by atoms with Gasteiger partial charge in [0.15, 0.2) is 4.90 Å². The Bertz CT molecular complexity index is 463. The zero-order valence-corrected chi connectivity index (χ0v) is 9.07. The first kappa shape index (κ1) is 9.53. The maximum atomic E-state index is 13.0. The minimum atomic E-state index is -0.165. The van der Waals surface area contributed by atoms with Gasteiger partial charge in [0.2, 0.25) is 0 Å². The van der Waals surface area contributed by atoms with Gasteiger partial charge in [0.25, 0.3) is 0 Å². The molecule has 2 aromatic carbocycles. The molecule has 0 bridgehead atoms. The van der Waals surface area contributed by atoms with E-state index in [1.54, 1.807) is 6.07 Å². The van der Waals surface area contributed by atoms with Crippen molar-refractivity contribution in [2.45, 2.75) is 4.90 Å². The fraction of sp³-hybridized carbons (Fsp3) is 0.167. The predicted octanol–water partition coefficient (Wildman–Crippen LogP) is 3.22. The molecular weight excluding hydrogens is 195 g/mol. The van der Waals surface area contributed by atoms with Crippen LogP contribution in [0.3, 0.4) is 0 Å². The summed E-state index contributed by atoms with van der Waals surface area (Å²) < 4.78 is 13.0. The van der Waals surface area contributed by atoms with Crippen LogP contribution in [0.5, 0.6) is 0 Å². The van der Waals surface area contributed by atoms with Gasteiger partial charge in [-0.15, -0.1) is 0 Å². The molecule has 2 aromatic rings. The molecule has 0 aliphatic rings. The fourth-order valence-electron chi connectivity index (χ4n) is 1.45. The van der Waals surface area contributed by atoms with Crippen molar-refractivity contribution >= 4 is 21.7 Å². The van der Waals surface area contributed by atoms with Gasteiger partial charge in [-0.05, 0) is 35.0 Å². The van der Waals surface area contributed by atoms with Crippen LogP contribution in [-0.2, 0) is 10.9 Å². The number of hydrogen-bond acceptors (Lipinski definition) is 0. The van der Waals surface area contributed by atoms with Crippen molar-refractivity contribution in [2.75, 3.05) is 12.5 Å². The normalized spacial score (nSPS) is 11.1. The highest BCUT2D eigenvalue weighted by Crippen LogP contribution is 2.20. The van der Waals surface area contributed by atoms with Crippen LogP contribution in [0.1, 0.15) is 0 Å². The van der Waals surface area contributed by atoms with E-state index in [1.165, 1.54) is 11.0 Å². The number of benzene rings is 2. The Morgan fingerprint density at radius 2 is 1.64 bits per heavy atom. The third kappa shape index (κ3) is 1.75. The molecule has 0 aromatic heterocycles. The molecule has 0 atom stereocenters. The zero-order valence-electron chi connectivity index (χ0n) is 8.25. The van der Waals surface area contributed by atoms with Gasteiger partial charge in [0.05, 0.1) is 0 Å². The molecule has 0 N–H and O–H groups in total. The monoisotopic (exact) mass is 207 g/mol. The van der Waals surface area contributed by atoms with Crippen molar-refractivity contribution in [3.05, 3.63) is 42.2 Å². The van der Waals surface area contributed by atoms with E-state index in [-0.39, 0.29) is 16.7 Å². The molecule has 0 saturated heterocycles. The minimum absolute atomic E-state index is 0.165. The van der Waals surface area contributed by atoms with Crippen molar-refractivity contribution < 1.29 is 4.39 Å². The molecule has 0 spiro atoms. The average molecular weight is 207 g/mol. The second kappa shape index (κ2) is 3.62. The van der Waals surface area contributed by atoms with Crippen LogP contribution in [0.2, 0.25) is 0 Å². The van der Waals surface area contributed by atoms with E-state index in [9.17, 15) is 4.39 Å². The van der Waals surface area contributed by atoms with E-state index in [4.69, 9.17) is 0 Å². The summed E-state index contributed by atoms with van der Waals surface area (Å²) in [5.74, 6) is -0.165. The SMILES string of the molecule is C[S+](C)c1ccc2ccc(F)cc2c1. The molecule has 0 saturated carbocycles. The molecule has 0 aliphatic carbocycles. The Labute approximate surface area is 86.1 Å². The molecule has 0 nitrogen and oxygen atoms in total. The largest absolute Gasteiger partial charge is 0.207 e. The first-order valence-corrected chi connectivity index (χ1v) is 6.48. The fourth-order valence-corrected chi connectivity index (χ4v) is 2.15. The smallest absolute Gasteiger partial charge is 0.154 e. The van der Waals surface area contributed by atoms with Gasteiger partial charge >= 0.3 is 0 Å². The van der Waals surface area contributed by atoms with E-state index in [0.29, 0.717) is 0 Å². The summed E-state index contributed by atoms with van der Waals surface area (Å²) in [6.07, 6.45) is 4.33. The molecule has 0 unspecified atom stereocenters. The Morgan fingerprint density at radius 1 is 0.929 bits per heavy atom. The highest BCUT2D eigenvalue weighted by Gasteiger charge is 2.08. The second-order valence-electron chi connectivity index (χ2n) is 3.47. The topological polar surface area (TPSA) is 0 Å². The Morgan fingerprint density at radius 3 is 2.36 bits per heavy atom. The van der Waals surface area contributed by atoms with E-state index >= 15 is 0 Å². The van der Waals surface area contributed by atoms with Crippen LogP contribution in [-0.4, -0.2) is 12.5 Å². The quantitative estimate of drug-likeness (QED) is 0.630. The van der Waals surface area contributed by atoms with Gasteiger partial charge in [-0.1, -0.05) is 6.07 Å². The van der Waals surface area contributed by atoms with Crippen LogP contribution in [0.25, 0.3) is 10.8 Å². The summed E-state index contributed by atoms with van der Waals surface area (Å²) in [5, 5.41) is 2.09. The van der Waals surface area contributed by atoms with Crippen molar-refractivity contribution in [3.8, 4) is 0 Å². The van der Waals surface area contributed by atoms with Gasteiger partial charge in [-0.2, -0.15) is 0 Å². The molecule has 2 rings (SSSR count). The highest BCUT2D eigenvalue weighted by atomic mass is 32.2. The van der Waals surface area contributed by atoms with Crippen molar-refractivity contribution in [3.63, 3.8) is 0 Å². The van der Waals surface area contributed by atoms with Gasteiger partial charge in [0, 0.05) is 17.0 Å². The first-order chi connectivity index (χ1) is 6.66. The van der Waals surface area contributed by atoms with Crippen molar-refractivity contribution in [1.29, 1.82) is 0 Å². The second-order valence-corrected chi connectivity index (χ2v) is 5.57. The van der Waals surface area contributed by atoms with Crippen molar-refractivity contribution in [2.24, 2.45) is 0 Å². The van der Waals surface area contributed by atoms with Crippen molar-refractivity contribution in [1.82, 2.24) is 0 Å². The maximum Gasteiger partial charge on any atom is 0.154 e. The van der Waals surface area contributed by atoms with Crippen LogP contribution in [0.4, 0.5) is 4.39 Å². The minimum Gasteiger partial charge on any atom is -0.207 e. The van der Waals surface area contributed by atoms with Gasteiger partial charge in [-0.25, -0.2) is 4.39 Å². The number of fused-ring (bicyclic) bond motifs is 1. The molecule has 2 heteroatoms. The number of halogens is 1. The summed E-state index contributed by atoms with van der Waals surface area (Å²) >= 11 is 0.